The molecule has 0 amide bonds. The normalized spacial score (nSPS) is 20.0. The summed E-state index contributed by atoms with van der Waals surface area (Å²) in [6.45, 7) is 4.90. The zero-order valence-corrected chi connectivity index (χ0v) is 33.6. The SMILES string of the molecule is CC1(C)C2=C(CCC=C2)C2=C1C(c1ccc3c(c1)c1ccc4c5c(sc4c1n3-c1nc(C3=CC=C(C4=CC=CCC4)CC3)c3ccccc3n1)CCC=C5)=CCC2. The molecule has 0 atom stereocenters. The van der Waals surface area contributed by atoms with Crippen LogP contribution >= 0.6 is 11.3 Å². The second-order valence-corrected chi connectivity index (χ2v) is 18.3. The highest BCUT2D eigenvalue weighted by Crippen LogP contribution is 2.57. The van der Waals surface area contributed by atoms with Gasteiger partial charge in [-0.1, -0.05) is 111 Å². The Hall–Kier alpha value is -5.58. The van der Waals surface area contributed by atoms with Gasteiger partial charge < -0.3 is 0 Å². The Kier molecular flexibility index (Phi) is 7.48. The predicted octanol–water partition coefficient (Wildman–Crippen LogP) is 14.4. The molecule has 0 aliphatic heterocycles. The standard InChI is InChI=1S/C53H45N3S/c1-53(2)44-20-9-6-15-37(44)39-19-12-18-36(48(39)53)35-27-30-46-43(31-35)40-28-29-41-38-16-8-11-22-47(38)57-51(41)50(40)56(46)52-54-45-21-10-7-17-42(45)49(55-52)34-25-23-33(24-26-34)32-13-4-3-5-14-32/h3-4,7-10,13,16-18,20-21,23,25,27-31H,5-6,11-12,14-15,19,22,24,26H2,1-2H3. The molecule has 3 nitrogen and oxygen atoms in total. The molecule has 12 rings (SSSR count). The van der Waals surface area contributed by atoms with Crippen LogP contribution in [-0.2, 0) is 6.42 Å². The topological polar surface area (TPSA) is 30.7 Å². The number of rotatable bonds is 4. The van der Waals surface area contributed by atoms with E-state index < -0.39 is 0 Å². The summed E-state index contributed by atoms with van der Waals surface area (Å²) >= 11 is 1.97. The van der Waals surface area contributed by atoms with Gasteiger partial charge in [-0.2, -0.15) is 0 Å². The van der Waals surface area contributed by atoms with Gasteiger partial charge in [0.15, 0.2) is 0 Å². The Balaban J connectivity index is 1.08. The first kappa shape index (κ1) is 33.5. The minimum absolute atomic E-state index is 0.00396. The van der Waals surface area contributed by atoms with E-state index in [0.717, 1.165) is 85.8 Å². The summed E-state index contributed by atoms with van der Waals surface area (Å²) in [7, 11) is 0. The van der Waals surface area contributed by atoms with Gasteiger partial charge in [0, 0.05) is 31.8 Å². The Labute approximate surface area is 338 Å². The molecule has 57 heavy (non-hydrogen) atoms. The molecule has 3 aromatic heterocycles. The number of hydrogen-bond donors (Lipinski definition) is 0. The highest BCUT2D eigenvalue weighted by Gasteiger charge is 2.41. The molecule has 4 heteroatoms. The molecule has 3 aromatic carbocycles. The lowest BCUT2D eigenvalue weighted by Gasteiger charge is -2.30. The number of aryl methyl sites for hydroxylation is 1. The van der Waals surface area contributed by atoms with Crippen LogP contribution in [0.5, 0.6) is 0 Å². The Bertz CT molecular complexity index is 3080. The lowest BCUT2D eigenvalue weighted by molar-refractivity contribution is 0.573. The zero-order chi connectivity index (χ0) is 37.8. The molecule has 6 aliphatic carbocycles. The number of benzene rings is 3. The van der Waals surface area contributed by atoms with Crippen molar-refractivity contribution in [1.29, 1.82) is 0 Å². The monoisotopic (exact) mass is 755 g/mol. The van der Waals surface area contributed by atoms with Crippen LogP contribution in [0.1, 0.15) is 93.3 Å². The van der Waals surface area contributed by atoms with Gasteiger partial charge >= 0.3 is 0 Å². The number of para-hydroxylation sites is 1. The van der Waals surface area contributed by atoms with E-state index in [0.29, 0.717) is 0 Å². The molecule has 0 fully saturated rings. The van der Waals surface area contributed by atoms with E-state index in [1.807, 2.05) is 11.3 Å². The minimum atomic E-state index is -0.00396. The van der Waals surface area contributed by atoms with Crippen LogP contribution < -0.4 is 0 Å². The first-order chi connectivity index (χ1) is 28.0. The molecule has 278 valence electrons. The van der Waals surface area contributed by atoms with Gasteiger partial charge in [-0.05, 0) is 138 Å². The Morgan fingerprint density at radius 1 is 0.667 bits per heavy atom. The van der Waals surface area contributed by atoms with Gasteiger partial charge in [-0.3, -0.25) is 4.57 Å². The minimum Gasteiger partial charge on any atom is -0.276 e. The maximum absolute atomic E-state index is 5.60. The number of nitrogens with zero attached hydrogens (tertiary/aromatic N) is 3. The van der Waals surface area contributed by atoms with E-state index >= 15 is 0 Å². The fourth-order valence-electron chi connectivity index (χ4n) is 11.0. The lowest BCUT2D eigenvalue weighted by Crippen LogP contribution is -2.17. The fraction of sp³-hybridized carbons (Fsp3) is 0.245. The van der Waals surface area contributed by atoms with Gasteiger partial charge in [0.05, 0.1) is 26.9 Å². The number of hydrogen-bond acceptors (Lipinski definition) is 3. The quantitative estimate of drug-likeness (QED) is 0.179. The molecular formula is C53H45N3S. The van der Waals surface area contributed by atoms with E-state index in [-0.39, 0.29) is 5.41 Å². The predicted molar refractivity (Wildman–Crippen MR) is 242 cm³/mol. The number of thiophene rings is 1. The van der Waals surface area contributed by atoms with Gasteiger partial charge in [-0.25, -0.2) is 9.97 Å². The second-order valence-electron chi connectivity index (χ2n) is 17.2. The highest BCUT2D eigenvalue weighted by atomic mass is 32.1. The highest BCUT2D eigenvalue weighted by molar-refractivity contribution is 7.20. The molecule has 0 radical (unpaired) electrons. The van der Waals surface area contributed by atoms with Gasteiger partial charge in [0.25, 0.3) is 0 Å². The van der Waals surface area contributed by atoms with Crippen molar-refractivity contribution in [3.63, 3.8) is 0 Å². The van der Waals surface area contributed by atoms with Crippen molar-refractivity contribution in [3.8, 4) is 5.95 Å². The molecule has 0 bridgehead atoms. The van der Waals surface area contributed by atoms with Crippen LogP contribution in [0.4, 0.5) is 0 Å². The van der Waals surface area contributed by atoms with Gasteiger partial charge in [0.1, 0.15) is 0 Å². The van der Waals surface area contributed by atoms with Crippen LogP contribution in [0.3, 0.4) is 0 Å². The first-order valence-electron chi connectivity index (χ1n) is 21.1. The summed E-state index contributed by atoms with van der Waals surface area (Å²) < 4.78 is 3.74. The summed E-state index contributed by atoms with van der Waals surface area (Å²) in [4.78, 5) is 12.5. The zero-order valence-electron chi connectivity index (χ0n) is 32.8. The van der Waals surface area contributed by atoms with E-state index in [1.165, 1.54) is 76.7 Å². The molecule has 6 aliphatic rings. The Morgan fingerprint density at radius 3 is 2.37 bits per heavy atom. The Morgan fingerprint density at radius 2 is 1.47 bits per heavy atom. The van der Waals surface area contributed by atoms with Crippen molar-refractivity contribution in [1.82, 2.24) is 14.5 Å². The molecule has 0 saturated heterocycles. The average molecular weight is 756 g/mol. The number of aromatic nitrogens is 3. The number of allylic oxidation sites excluding steroid dienone is 17. The van der Waals surface area contributed by atoms with E-state index in [2.05, 4.69) is 134 Å². The molecule has 3 heterocycles. The fourth-order valence-corrected chi connectivity index (χ4v) is 12.3. The lowest BCUT2D eigenvalue weighted by atomic mass is 9.73. The van der Waals surface area contributed by atoms with Gasteiger partial charge in [-0.15, -0.1) is 11.3 Å². The maximum atomic E-state index is 5.60. The van der Waals surface area contributed by atoms with Crippen LogP contribution in [0.25, 0.3) is 66.0 Å². The third kappa shape index (κ3) is 5.02. The third-order valence-corrected chi connectivity index (χ3v) is 14.9. The number of fused-ring (bicyclic) bond motifs is 9. The summed E-state index contributed by atoms with van der Waals surface area (Å²) in [5, 5.41) is 5.00. The van der Waals surface area contributed by atoms with Crippen LogP contribution in [0, 0.1) is 5.41 Å². The third-order valence-electron chi connectivity index (χ3n) is 13.7. The maximum Gasteiger partial charge on any atom is 0.235 e. The molecule has 0 spiro atoms. The summed E-state index contributed by atoms with van der Waals surface area (Å²) in [5.74, 6) is 0.754. The van der Waals surface area contributed by atoms with Gasteiger partial charge in [0.2, 0.25) is 5.95 Å². The summed E-state index contributed by atoms with van der Waals surface area (Å²) in [5.41, 5.74) is 19.1. The smallest absolute Gasteiger partial charge is 0.235 e. The molecular weight excluding hydrogens is 711 g/mol. The second kappa shape index (κ2) is 12.7. The average Bonchev–Trinajstić information content (AvgIpc) is 3.89. The summed E-state index contributed by atoms with van der Waals surface area (Å²) in [6, 6.07) is 20.6. The van der Waals surface area contributed by atoms with Crippen molar-refractivity contribution in [2.45, 2.75) is 78.1 Å². The molecule has 6 aromatic rings. The summed E-state index contributed by atoms with van der Waals surface area (Å²) in [6.07, 6.45) is 34.5. The van der Waals surface area contributed by atoms with Crippen molar-refractivity contribution in [2.75, 3.05) is 0 Å². The first-order valence-corrected chi connectivity index (χ1v) is 21.9. The van der Waals surface area contributed by atoms with Crippen molar-refractivity contribution in [3.05, 3.63) is 164 Å². The largest absolute Gasteiger partial charge is 0.276 e. The van der Waals surface area contributed by atoms with Crippen molar-refractivity contribution < 1.29 is 0 Å². The van der Waals surface area contributed by atoms with E-state index in [4.69, 9.17) is 9.97 Å². The van der Waals surface area contributed by atoms with Crippen LogP contribution in [0.2, 0.25) is 0 Å². The molecule has 0 saturated carbocycles. The van der Waals surface area contributed by atoms with Crippen molar-refractivity contribution >= 4 is 71.4 Å². The van der Waals surface area contributed by atoms with E-state index in [9.17, 15) is 0 Å². The molecule has 0 N–H and O–H groups in total. The van der Waals surface area contributed by atoms with Crippen molar-refractivity contribution in [2.24, 2.45) is 5.41 Å². The molecule has 0 unspecified atom stereocenters. The van der Waals surface area contributed by atoms with Crippen LogP contribution in [-0.4, -0.2) is 14.5 Å². The van der Waals surface area contributed by atoms with Crippen LogP contribution in [0.15, 0.2) is 143 Å². The van der Waals surface area contributed by atoms with E-state index in [1.54, 1.807) is 16.7 Å².